The fourth-order valence-corrected chi connectivity index (χ4v) is 2.00. The maximum absolute atomic E-state index is 4.39. The van der Waals surface area contributed by atoms with E-state index in [4.69, 9.17) is 0 Å². The lowest BCUT2D eigenvalue weighted by Gasteiger charge is -2.06. The molecule has 0 unspecified atom stereocenters. The molecule has 3 aromatic rings. The maximum Gasteiger partial charge on any atom is 0.155 e. The third-order valence-electron chi connectivity index (χ3n) is 3.04. The molecule has 2 aromatic heterocycles. The first-order chi connectivity index (χ1) is 9.20. The van der Waals surface area contributed by atoms with Crippen molar-refractivity contribution in [3.63, 3.8) is 0 Å². The van der Waals surface area contributed by atoms with Crippen LogP contribution in [0, 0.1) is 13.8 Å². The topological polar surface area (TPSA) is 42.2 Å². The number of rotatable bonds is 3. The highest BCUT2D eigenvalue weighted by Gasteiger charge is 2.00. The molecule has 1 N–H and O–H groups in total. The number of hydrogen-bond acceptors (Lipinski definition) is 3. The summed E-state index contributed by atoms with van der Waals surface area (Å²) in [5, 5.41) is 7.75. The second-order valence-electron chi connectivity index (χ2n) is 4.77. The van der Waals surface area contributed by atoms with Crippen LogP contribution in [0.1, 0.15) is 16.8 Å². The van der Waals surface area contributed by atoms with Crippen molar-refractivity contribution in [2.45, 2.75) is 20.4 Å². The summed E-state index contributed by atoms with van der Waals surface area (Å²) >= 11 is 0. The van der Waals surface area contributed by atoms with Gasteiger partial charge in [-0.1, -0.05) is 17.7 Å². The summed E-state index contributed by atoms with van der Waals surface area (Å²) in [5.41, 5.74) is 5.35. The molecule has 3 rings (SSSR count). The summed E-state index contributed by atoms with van der Waals surface area (Å²) in [6.45, 7) is 4.80. The van der Waals surface area contributed by atoms with Gasteiger partial charge in [-0.3, -0.25) is 0 Å². The van der Waals surface area contributed by atoms with Gasteiger partial charge in [0, 0.05) is 36.3 Å². The first-order valence-corrected chi connectivity index (χ1v) is 6.32. The van der Waals surface area contributed by atoms with Crippen molar-refractivity contribution in [1.82, 2.24) is 14.6 Å². The second-order valence-corrected chi connectivity index (χ2v) is 4.77. The van der Waals surface area contributed by atoms with Gasteiger partial charge in [0.25, 0.3) is 0 Å². The molecule has 4 nitrogen and oxygen atoms in total. The molecule has 0 amide bonds. The van der Waals surface area contributed by atoms with Gasteiger partial charge in [-0.2, -0.15) is 5.10 Å². The monoisotopic (exact) mass is 252 g/mol. The highest BCUT2D eigenvalue weighted by atomic mass is 15.2. The minimum absolute atomic E-state index is 0.741. The fourth-order valence-electron chi connectivity index (χ4n) is 2.00. The number of fused-ring (bicyclic) bond motifs is 1. The van der Waals surface area contributed by atoms with Crippen LogP contribution in [-0.2, 0) is 6.54 Å². The van der Waals surface area contributed by atoms with E-state index in [9.17, 15) is 0 Å². The molecule has 0 atom stereocenters. The van der Waals surface area contributed by atoms with Crippen LogP contribution in [0.15, 0.2) is 42.7 Å². The first kappa shape index (κ1) is 11.7. The van der Waals surface area contributed by atoms with Gasteiger partial charge in [0.15, 0.2) is 5.65 Å². The Morgan fingerprint density at radius 3 is 2.74 bits per heavy atom. The summed E-state index contributed by atoms with van der Waals surface area (Å²) in [5.74, 6) is 0. The van der Waals surface area contributed by atoms with E-state index in [1.165, 1.54) is 5.56 Å². The van der Waals surface area contributed by atoms with Gasteiger partial charge in [-0.05, 0) is 26.0 Å². The van der Waals surface area contributed by atoms with Gasteiger partial charge in [-0.25, -0.2) is 9.50 Å². The van der Waals surface area contributed by atoms with Gasteiger partial charge in [0.2, 0.25) is 0 Å². The maximum atomic E-state index is 4.39. The van der Waals surface area contributed by atoms with E-state index in [0.717, 1.165) is 29.1 Å². The van der Waals surface area contributed by atoms with Gasteiger partial charge < -0.3 is 5.32 Å². The molecule has 0 bridgehead atoms. The third-order valence-corrected chi connectivity index (χ3v) is 3.04. The molecule has 0 saturated carbocycles. The molecule has 19 heavy (non-hydrogen) atoms. The van der Waals surface area contributed by atoms with E-state index in [2.05, 4.69) is 46.6 Å². The van der Waals surface area contributed by atoms with E-state index in [-0.39, 0.29) is 0 Å². The van der Waals surface area contributed by atoms with Crippen LogP contribution in [0.4, 0.5) is 5.69 Å². The standard InChI is InChI=1S/C15H16N4/c1-11-3-5-14(6-4-11)16-8-13-9-17-15-7-12(2)18-19(15)10-13/h3-7,9-10,16H,8H2,1-2H3. The minimum atomic E-state index is 0.741. The summed E-state index contributed by atoms with van der Waals surface area (Å²) in [6.07, 6.45) is 3.90. The van der Waals surface area contributed by atoms with Gasteiger partial charge in [-0.15, -0.1) is 0 Å². The predicted molar refractivity (Wildman–Crippen MR) is 76.2 cm³/mol. The van der Waals surface area contributed by atoms with Crippen LogP contribution >= 0.6 is 0 Å². The van der Waals surface area contributed by atoms with Crippen LogP contribution in [-0.4, -0.2) is 14.6 Å². The molecule has 0 aliphatic heterocycles. The first-order valence-electron chi connectivity index (χ1n) is 6.32. The highest BCUT2D eigenvalue weighted by molar-refractivity contribution is 5.45. The summed E-state index contributed by atoms with van der Waals surface area (Å²) < 4.78 is 1.82. The van der Waals surface area contributed by atoms with E-state index >= 15 is 0 Å². The summed E-state index contributed by atoms with van der Waals surface area (Å²) in [7, 11) is 0. The average Bonchev–Trinajstić information content (AvgIpc) is 2.77. The molecule has 96 valence electrons. The lowest BCUT2D eigenvalue weighted by Crippen LogP contribution is -2.02. The molecule has 4 heteroatoms. The molecular formula is C15H16N4. The summed E-state index contributed by atoms with van der Waals surface area (Å²) in [4.78, 5) is 4.39. The molecule has 0 spiro atoms. The molecule has 2 heterocycles. The molecule has 0 aliphatic rings. The van der Waals surface area contributed by atoms with Crippen LogP contribution < -0.4 is 5.32 Å². The number of aryl methyl sites for hydroxylation is 2. The van der Waals surface area contributed by atoms with E-state index in [1.54, 1.807) is 0 Å². The van der Waals surface area contributed by atoms with Gasteiger partial charge in [0.05, 0.1) is 5.69 Å². The quantitative estimate of drug-likeness (QED) is 0.779. The lowest BCUT2D eigenvalue weighted by atomic mass is 10.2. The zero-order valence-electron chi connectivity index (χ0n) is 11.1. The Morgan fingerprint density at radius 2 is 1.95 bits per heavy atom. The van der Waals surface area contributed by atoms with Crippen molar-refractivity contribution in [2.75, 3.05) is 5.32 Å². The second kappa shape index (κ2) is 4.72. The Morgan fingerprint density at radius 1 is 1.16 bits per heavy atom. The number of benzene rings is 1. The molecule has 0 saturated heterocycles. The van der Waals surface area contributed by atoms with Gasteiger partial charge in [0.1, 0.15) is 0 Å². The fraction of sp³-hybridized carbons (Fsp3) is 0.200. The van der Waals surface area contributed by atoms with E-state index < -0.39 is 0 Å². The van der Waals surface area contributed by atoms with E-state index in [0.29, 0.717) is 0 Å². The van der Waals surface area contributed by atoms with Crippen LogP contribution in [0.25, 0.3) is 5.65 Å². The van der Waals surface area contributed by atoms with E-state index in [1.807, 2.05) is 29.9 Å². The number of aromatic nitrogens is 3. The smallest absolute Gasteiger partial charge is 0.155 e. The van der Waals surface area contributed by atoms with Crippen LogP contribution in [0.3, 0.4) is 0 Å². The van der Waals surface area contributed by atoms with Crippen LogP contribution in [0.2, 0.25) is 0 Å². The highest BCUT2D eigenvalue weighted by Crippen LogP contribution is 2.11. The average molecular weight is 252 g/mol. The molecule has 0 aliphatic carbocycles. The van der Waals surface area contributed by atoms with Crippen molar-refractivity contribution in [3.05, 3.63) is 59.5 Å². The SMILES string of the molecule is Cc1ccc(NCc2cnc3cc(C)nn3c2)cc1. The number of hydrogen-bond donors (Lipinski definition) is 1. The molecule has 1 aromatic carbocycles. The van der Waals surface area contributed by atoms with Crippen molar-refractivity contribution < 1.29 is 0 Å². The van der Waals surface area contributed by atoms with Crippen molar-refractivity contribution in [2.24, 2.45) is 0 Å². The molecular weight excluding hydrogens is 236 g/mol. The predicted octanol–water partition coefficient (Wildman–Crippen LogP) is 2.96. The Kier molecular flexibility index (Phi) is 2.91. The number of nitrogens with one attached hydrogen (secondary N) is 1. The van der Waals surface area contributed by atoms with Crippen molar-refractivity contribution >= 4 is 11.3 Å². The van der Waals surface area contributed by atoms with Gasteiger partial charge >= 0.3 is 0 Å². The largest absolute Gasteiger partial charge is 0.381 e. The zero-order chi connectivity index (χ0) is 13.2. The van der Waals surface area contributed by atoms with Crippen molar-refractivity contribution in [1.29, 1.82) is 0 Å². The van der Waals surface area contributed by atoms with Crippen molar-refractivity contribution in [3.8, 4) is 0 Å². The Labute approximate surface area is 112 Å². The zero-order valence-corrected chi connectivity index (χ0v) is 11.1. The number of nitrogens with zero attached hydrogens (tertiary/aromatic N) is 3. The number of anilines is 1. The Bertz CT molecular complexity index is 698. The molecule has 0 fully saturated rings. The summed E-state index contributed by atoms with van der Waals surface area (Å²) in [6, 6.07) is 10.3. The Hall–Kier alpha value is -2.36. The lowest BCUT2D eigenvalue weighted by molar-refractivity contribution is 0.895. The Balaban J connectivity index is 1.75. The molecule has 0 radical (unpaired) electrons. The minimum Gasteiger partial charge on any atom is -0.381 e. The third kappa shape index (κ3) is 2.57. The normalized spacial score (nSPS) is 10.8. The van der Waals surface area contributed by atoms with Crippen LogP contribution in [0.5, 0.6) is 0 Å².